The topological polar surface area (TPSA) is 72.2 Å². The van der Waals surface area contributed by atoms with Crippen molar-refractivity contribution in [2.45, 2.75) is 39.7 Å². The molecule has 0 saturated carbocycles. The summed E-state index contributed by atoms with van der Waals surface area (Å²) in [6, 6.07) is 16.1. The van der Waals surface area contributed by atoms with E-state index in [-0.39, 0.29) is 23.2 Å². The van der Waals surface area contributed by atoms with Gasteiger partial charge in [0.15, 0.2) is 0 Å². The van der Waals surface area contributed by atoms with Crippen molar-refractivity contribution in [3.05, 3.63) is 71.3 Å². The van der Waals surface area contributed by atoms with Crippen LogP contribution in [0, 0.1) is 0 Å². The first-order valence-electron chi connectivity index (χ1n) is 8.12. The Morgan fingerprint density at radius 2 is 1.37 bits per heavy atom. The van der Waals surface area contributed by atoms with E-state index >= 15 is 0 Å². The van der Waals surface area contributed by atoms with Gasteiger partial charge in [0.25, 0.3) is 10.5 Å². The maximum Gasteiger partial charge on any atom is 0.252 e. The number of hydrogen-bond donors (Lipinski definition) is 2. The van der Waals surface area contributed by atoms with Crippen molar-refractivity contribution < 1.29 is 9.59 Å². The Labute approximate surface area is 177 Å². The van der Waals surface area contributed by atoms with Crippen molar-refractivity contribution in [3.8, 4) is 0 Å². The Kier molecular flexibility index (Phi) is 15.0. The molecule has 0 atom stereocenters. The van der Waals surface area contributed by atoms with E-state index in [0.717, 1.165) is 12.0 Å². The van der Waals surface area contributed by atoms with E-state index in [0.29, 0.717) is 11.1 Å². The highest BCUT2D eigenvalue weighted by Crippen LogP contribution is 2.11. The molecule has 150 valence electrons. The van der Waals surface area contributed by atoms with Gasteiger partial charge in [-0.25, -0.2) is 0 Å². The molecule has 4 nitrogen and oxygen atoms in total. The lowest BCUT2D eigenvalue weighted by atomic mass is 10.1. The van der Waals surface area contributed by atoms with E-state index in [9.17, 15) is 9.59 Å². The highest BCUT2D eigenvalue weighted by Gasteiger charge is 2.04. The van der Waals surface area contributed by atoms with Gasteiger partial charge in [-0.05, 0) is 62.0 Å². The second kappa shape index (κ2) is 14.6. The number of carbonyl (C=O) groups is 2. The van der Waals surface area contributed by atoms with Crippen LogP contribution in [0.4, 0.5) is 0 Å². The first-order valence-corrected chi connectivity index (χ1v) is 8.88. The Morgan fingerprint density at radius 1 is 0.926 bits per heavy atom. The molecular formula is C20H27Cl3N2O2. The van der Waals surface area contributed by atoms with E-state index in [2.05, 4.69) is 5.43 Å². The SMILES string of the molecule is CC(C)(C)NN.CCc1ccccc1C(=O)Cl.Cl.O=C(Cl)c1ccccc1. The number of nitrogens with one attached hydrogen (secondary N) is 1. The Hall–Kier alpha value is -1.43. The van der Waals surface area contributed by atoms with Gasteiger partial charge in [-0.1, -0.05) is 55.5 Å². The largest absolute Gasteiger partial charge is 0.276 e. The molecule has 2 aromatic rings. The standard InChI is InChI=1S/C9H9ClO.C7H5ClO.C4H12N2.ClH/c1-2-7-5-3-4-6-8(7)9(10)11;8-7(9)6-4-2-1-3-5-6;1-4(2,3)6-5;/h3-6H,2H2,1H3;1-5H;6H,5H2,1-3H3;1H. The van der Waals surface area contributed by atoms with Gasteiger partial charge in [-0.2, -0.15) is 0 Å². The molecule has 0 spiro atoms. The third-order valence-corrected chi connectivity index (χ3v) is 3.47. The van der Waals surface area contributed by atoms with Crippen LogP contribution in [0.25, 0.3) is 0 Å². The molecule has 7 heteroatoms. The van der Waals surface area contributed by atoms with Crippen LogP contribution in [-0.4, -0.2) is 16.0 Å². The molecular weight excluding hydrogens is 407 g/mol. The lowest BCUT2D eigenvalue weighted by molar-refractivity contribution is 0.107. The average molecular weight is 434 g/mol. The van der Waals surface area contributed by atoms with Gasteiger partial charge >= 0.3 is 0 Å². The van der Waals surface area contributed by atoms with Gasteiger partial charge in [0, 0.05) is 16.7 Å². The number of halogens is 3. The van der Waals surface area contributed by atoms with E-state index in [1.165, 1.54) is 0 Å². The van der Waals surface area contributed by atoms with Gasteiger partial charge in [0.1, 0.15) is 0 Å². The summed E-state index contributed by atoms with van der Waals surface area (Å²) in [5, 5.41) is -0.780. The van der Waals surface area contributed by atoms with Gasteiger partial charge < -0.3 is 0 Å². The number of hydrogen-bond acceptors (Lipinski definition) is 4. The maximum absolute atomic E-state index is 10.8. The Morgan fingerprint density at radius 3 is 1.67 bits per heavy atom. The van der Waals surface area contributed by atoms with Gasteiger partial charge in [0.05, 0.1) is 0 Å². The fourth-order valence-electron chi connectivity index (χ4n) is 1.59. The fourth-order valence-corrected chi connectivity index (χ4v) is 1.90. The fraction of sp³-hybridized carbons (Fsp3) is 0.300. The highest BCUT2D eigenvalue weighted by molar-refractivity contribution is 6.68. The molecule has 0 aromatic heterocycles. The molecule has 3 N–H and O–H groups in total. The minimum atomic E-state index is -0.407. The number of rotatable bonds is 3. The van der Waals surface area contributed by atoms with Crippen LogP contribution >= 0.6 is 35.6 Å². The first-order chi connectivity index (χ1) is 12.1. The third-order valence-electron chi connectivity index (χ3n) is 3.04. The number of benzene rings is 2. The van der Waals surface area contributed by atoms with Crippen LogP contribution < -0.4 is 11.3 Å². The quantitative estimate of drug-likeness (QED) is 0.388. The van der Waals surface area contributed by atoms with E-state index in [1.807, 2.05) is 52.0 Å². The van der Waals surface area contributed by atoms with E-state index < -0.39 is 5.24 Å². The smallest absolute Gasteiger partial charge is 0.252 e. The second-order valence-electron chi connectivity index (χ2n) is 6.32. The molecule has 0 aliphatic carbocycles. The van der Waals surface area contributed by atoms with Crippen molar-refractivity contribution in [1.29, 1.82) is 0 Å². The molecule has 2 aromatic carbocycles. The normalized spacial score (nSPS) is 9.59. The number of aryl methyl sites for hydroxylation is 1. The van der Waals surface area contributed by atoms with Crippen molar-refractivity contribution in [2.24, 2.45) is 5.84 Å². The summed E-state index contributed by atoms with van der Waals surface area (Å²) in [5.41, 5.74) is 4.84. The minimum Gasteiger partial charge on any atom is -0.276 e. The third kappa shape index (κ3) is 13.4. The lowest BCUT2D eigenvalue weighted by Gasteiger charge is -2.14. The lowest BCUT2D eigenvalue weighted by Crippen LogP contribution is -2.41. The molecule has 0 heterocycles. The van der Waals surface area contributed by atoms with Gasteiger partial charge in [-0.3, -0.25) is 20.9 Å². The molecule has 0 bridgehead atoms. The van der Waals surface area contributed by atoms with E-state index in [1.54, 1.807) is 30.3 Å². The predicted octanol–water partition coefficient (Wildman–Crippen LogP) is 5.36. The van der Waals surface area contributed by atoms with Crippen LogP contribution in [0.5, 0.6) is 0 Å². The molecule has 0 fully saturated rings. The zero-order valence-corrected chi connectivity index (χ0v) is 18.3. The van der Waals surface area contributed by atoms with Crippen LogP contribution in [0.2, 0.25) is 0 Å². The van der Waals surface area contributed by atoms with Gasteiger partial charge in [0.2, 0.25) is 0 Å². The van der Waals surface area contributed by atoms with Crippen molar-refractivity contribution in [2.75, 3.05) is 0 Å². The summed E-state index contributed by atoms with van der Waals surface area (Å²) in [7, 11) is 0. The van der Waals surface area contributed by atoms with Crippen LogP contribution in [0.1, 0.15) is 54.0 Å². The molecule has 0 aliphatic heterocycles. The molecule has 0 unspecified atom stereocenters. The minimum absolute atomic E-state index is 0. The van der Waals surface area contributed by atoms with Crippen molar-refractivity contribution >= 4 is 46.1 Å². The predicted molar refractivity (Wildman–Crippen MR) is 117 cm³/mol. The van der Waals surface area contributed by atoms with Crippen molar-refractivity contribution in [3.63, 3.8) is 0 Å². The van der Waals surface area contributed by atoms with Crippen LogP contribution in [0.3, 0.4) is 0 Å². The zero-order valence-electron chi connectivity index (χ0n) is 16.0. The summed E-state index contributed by atoms with van der Waals surface area (Å²) in [5.74, 6) is 5.06. The van der Waals surface area contributed by atoms with Gasteiger partial charge in [-0.15, -0.1) is 12.4 Å². The number of nitrogens with two attached hydrogens (primary N) is 1. The average Bonchev–Trinajstić information content (AvgIpc) is 2.62. The van der Waals surface area contributed by atoms with Crippen LogP contribution in [-0.2, 0) is 6.42 Å². The monoisotopic (exact) mass is 432 g/mol. The van der Waals surface area contributed by atoms with E-state index in [4.69, 9.17) is 29.0 Å². The summed E-state index contributed by atoms with van der Waals surface area (Å²) >= 11 is 10.5. The maximum atomic E-state index is 10.8. The first kappa shape index (κ1) is 27.8. The molecule has 0 saturated heterocycles. The molecule has 27 heavy (non-hydrogen) atoms. The molecule has 0 radical (unpaired) electrons. The summed E-state index contributed by atoms with van der Waals surface area (Å²) < 4.78 is 0. The number of carbonyl (C=O) groups excluding carboxylic acids is 2. The van der Waals surface area contributed by atoms with Crippen molar-refractivity contribution in [1.82, 2.24) is 5.43 Å². The summed E-state index contributed by atoms with van der Waals surface area (Å²) in [6.45, 7) is 8.02. The zero-order chi connectivity index (χ0) is 20.2. The second-order valence-corrected chi connectivity index (χ2v) is 7.01. The summed E-state index contributed by atoms with van der Waals surface area (Å²) in [4.78, 5) is 21.2. The number of hydrazine groups is 1. The van der Waals surface area contributed by atoms with Crippen LogP contribution in [0.15, 0.2) is 54.6 Å². The molecule has 0 amide bonds. The molecule has 2 rings (SSSR count). The molecule has 0 aliphatic rings. The Bertz CT molecular complexity index is 687. The summed E-state index contributed by atoms with van der Waals surface area (Å²) in [6.07, 6.45) is 0.842. The Balaban J connectivity index is 0. The highest BCUT2D eigenvalue weighted by atomic mass is 35.5.